The molecule has 0 saturated carbocycles. The summed E-state index contributed by atoms with van der Waals surface area (Å²) in [4.78, 5) is 11.7. The van der Waals surface area contributed by atoms with E-state index in [9.17, 15) is 13.2 Å². The number of carbonyl (C=O) groups excluding carboxylic acids is 1. The SMILES string of the molecule is O=C1NCCCC[C@@H]1NS(=O)(=O)N1CCCCC1. The van der Waals surface area contributed by atoms with Gasteiger partial charge in [0, 0.05) is 19.6 Å². The van der Waals surface area contributed by atoms with Crippen molar-refractivity contribution in [2.75, 3.05) is 19.6 Å². The molecule has 0 radical (unpaired) electrons. The van der Waals surface area contributed by atoms with Crippen LogP contribution in [-0.2, 0) is 15.0 Å². The Balaban J connectivity index is 1.99. The number of rotatable bonds is 3. The first kappa shape index (κ1) is 13.8. The number of hydrogen-bond donors (Lipinski definition) is 2. The Morgan fingerprint density at radius 2 is 1.83 bits per heavy atom. The maximum absolute atomic E-state index is 12.1. The van der Waals surface area contributed by atoms with Crippen LogP contribution < -0.4 is 10.0 Å². The number of amides is 1. The van der Waals surface area contributed by atoms with Crippen molar-refractivity contribution < 1.29 is 13.2 Å². The van der Waals surface area contributed by atoms with Gasteiger partial charge >= 0.3 is 0 Å². The highest BCUT2D eigenvalue weighted by Gasteiger charge is 2.30. The maximum atomic E-state index is 12.1. The molecule has 0 aromatic carbocycles. The number of nitrogens with zero attached hydrogens (tertiary/aromatic N) is 1. The predicted octanol–water partition coefficient (Wildman–Crippen LogP) is -0.0246. The summed E-state index contributed by atoms with van der Waals surface area (Å²) in [7, 11) is -3.51. The molecule has 1 atom stereocenters. The summed E-state index contributed by atoms with van der Waals surface area (Å²) in [6.45, 7) is 1.76. The van der Waals surface area contributed by atoms with Crippen LogP contribution >= 0.6 is 0 Å². The normalized spacial score (nSPS) is 27.6. The van der Waals surface area contributed by atoms with Crippen LogP contribution in [0, 0.1) is 0 Å². The van der Waals surface area contributed by atoms with Gasteiger partial charge in [-0.15, -0.1) is 0 Å². The molecule has 0 aromatic heterocycles. The van der Waals surface area contributed by atoms with Gasteiger partial charge in [0.2, 0.25) is 5.91 Å². The molecule has 2 aliphatic rings. The average Bonchev–Trinajstić information content (AvgIpc) is 2.56. The van der Waals surface area contributed by atoms with E-state index in [2.05, 4.69) is 10.0 Å². The maximum Gasteiger partial charge on any atom is 0.280 e. The molecule has 0 bridgehead atoms. The van der Waals surface area contributed by atoms with Gasteiger partial charge in [0.05, 0.1) is 0 Å². The summed E-state index contributed by atoms with van der Waals surface area (Å²) in [6.07, 6.45) is 5.24. The third-order valence-electron chi connectivity index (χ3n) is 3.48. The summed E-state index contributed by atoms with van der Waals surface area (Å²) < 4.78 is 28.3. The topological polar surface area (TPSA) is 78.5 Å². The molecule has 6 nitrogen and oxygen atoms in total. The number of hydrogen-bond acceptors (Lipinski definition) is 3. The molecule has 2 rings (SSSR count). The van der Waals surface area contributed by atoms with Crippen molar-refractivity contribution in [3.05, 3.63) is 0 Å². The lowest BCUT2D eigenvalue weighted by Crippen LogP contribution is -2.51. The van der Waals surface area contributed by atoms with Gasteiger partial charge in [-0.3, -0.25) is 4.79 Å². The van der Waals surface area contributed by atoms with E-state index in [4.69, 9.17) is 0 Å². The predicted molar refractivity (Wildman–Crippen MR) is 68.1 cm³/mol. The molecule has 104 valence electrons. The molecule has 18 heavy (non-hydrogen) atoms. The van der Waals surface area contributed by atoms with Crippen molar-refractivity contribution >= 4 is 16.1 Å². The average molecular weight is 275 g/mol. The summed E-state index contributed by atoms with van der Waals surface area (Å²) in [5.41, 5.74) is 0. The van der Waals surface area contributed by atoms with Crippen molar-refractivity contribution in [3.8, 4) is 0 Å². The third-order valence-corrected chi connectivity index (χ3v) is 5.11. The van der Waals surface area contributed by atoms with Crippen molar-refractivity contribution in [2.45, 2.75) is 44.6 Å². The van der Waals surface area contributed by atoms with Gasteiger partial charge in [0.15, 0.2) is 0 Å². The Hall–Kier alpha value is -0.660. The van der Waals surface area contributed by atoms with E-state index in [0.717, 1.165) is 32.1 Å². The minimum atomic E-state index is -3.51. The minimum Gasteiger partial charge on any atom is -0.355 e. The van der Waals surface area contributed by atoms with Crippen molar-refractivity contribution in [1.82, 2.24) is 14.3 Å². The fourth-order valence-electron chi connectivity index (χ4n) is 2.41. The molecule has 7 heteroatoms. The number of carbonyl (C=O) groups is 1. The molecule has 2 saturated heterocycles. The lowest BCUT2D eigenvalue weighted by molar-refractivity contribution is -0.122. The number of nitrogens with one attached hydrogen (secondary N) is 2. The third kappa shape index (κ3) is 3.43. The summed E-state index contributed by atoms with van der Waals surface area (Å²) in [5, 5.41) is 2.74. The molecule has 0 aliphatic carbocycles. The molecular weight excluding hydrogens is 254 g/mol. The summed E-state index contributed by atoms with van der Waals surface area (Å²) in [5.74, 6) is -0.201. The summed E-state index contributed by atoms with van der Waals surface area (Å²) >= 11 is 0. The van der Waals surface area contributed by atoms with Gasteiger partial charge in [-0.1, -0.05) is 6.42 Å². The first-order chi connectivity index (χ1) is 8.59. The van der Waals surface area contributed by atoms with E-state index in [1.165, 1.54) is 4.31 Å². The quantitative estimate of drug-likeness (QED) is 0.759. The molecule has 0 aromatic rings. The van der Waals surface area contributed by atoms with E-state index < -0.39 is 16.3 Å². The Bertz CT molecular complexity index is 390. The fraction of sp³-hybridized carbons (Fsp3) is 0.909. The van der Waals surface area contributed by atoms with Crippen LogP contribution in [-0.4, -0.2) is 44.3 Å². The molecule has 1 amide bonds. The highest BCUT2D eigenvalue weighted by molar-refractivity contribution is 7.87. The molecular formula is C11H21N3O3S. The van der Waals surface area contributed by atoms with Crippen LogP contribution in [0.15, 0.2) is 0 Å². The van der Waals surface area contributed by atoms with E-state index >= 15 is 0 Å². The van der Waals surface area contributed by atoms with E-state index in [-0.39, 0.29) is 5.91 Å². The zero-order chi connectivity index (χ0) is 13.0. The van der Waals surface area contributed by atoms with Gasteiger partial charge in [-0.05, 0) is 32.1 Å². The largest absolute Gasteiger partial charge is 0.355 e. The monoisotopic (exact) mass is 275 g/mol. The molecule has 0 unspecified atom stereocenters. The van der Waals surface area contributed by atoms with Gasteiger partial charge in [0.25, 0.3) is 10.2 Å². The van der Waals surface area contributed by atoms with Gasteiger partial charge in [-0.2, -0.15) is 17.4 Å². The zero-order valence-electron chi connectivity index (χ0n) is 10.5. The van der Waals surface area contributed by atoms with Crippen molar-refractivity contribution in [3.63, 3.8) is 0 Å². The lowest BCUT2D eigenvalue weighted by atomic mass is 10.1. The van der Waals surface area contributed by atoms with Gasteiger partial charge < -0.3 is 5.32 Å². The second-order valence-electron chi connectivity index (χ2n) is 4.92. The van der Waals surface area contributed by atoms with Crippen LogP contribution in [0.4, 0.5) is 0 Å². The van der Waals surface area contributed by atoms with E-state index in [1.54, 1.807) is 0 Å². The fourth-order valence-corrected chi connectivity index (χ4v) is 3.88. The Morgan fingerprint density at radius 1 is 1.11 bits per heavy atom. The van der Waals surface area contributed by atoms with E-state index in [0.29, 0.717) is 26.1 Å². The Labute approximate surface area is 108 Å². The molecule has 2 aliphatic heterocycles. The molecule has 2 fully saturated rings. The van der Waals surface area contributed by atoms with Crippen LogP contribution in [0.2, 0.25) is 0 Å². The second kappa shape index (κ2) is 5.99. The van der Waals surface area contributed by atoms with Crippen LogP contribution in [0.3, 0.4) is 0 Å². The standard InChI is InChI=1S/C11H21N3O3S/c15-11-10(6-2-3-7-12-11)13-18(16,17)14-8-4-1-5-9-14/h10,13H,1-9H2,(H,12,15)/t10-/m0/s1. The second-order valence-corrected chi connectivity index (χ2v) is 6.62. The smallest absolute Gasteiger partial charge is 0.280 e. The first-order valence-electron chi connectivity index (χ1n) is 6.65. The minimum absolute atomic E-state index is 0.201. The van der Waals surface area contributed by atoms with E-state index in [1.807, 2.05) is 0 Å². The molecule has 2 heterocycles. The Morgan fingerprint density at radius 3 is 2.56 bits per heavy atom. The summed E-state index contributed by atoms with van der Waals surface area (Å²) in [6, 6.07) is -0.612. The molecule has 0 spiro atoms. The first-order valence-corrected chi connectivity index (χ1v) is 8.09. The zero-order valence-corrected chi connectivity index (χ0v) is 11.3. The van der Waals surface area contributed by atoms with Gasteiger partial charge in [-0.25, -0.2) is 0 Å². The van der Waals surface area contributed by atoms with Crippen molar-refractivity contribution in [2.24, 2.45) is 0 Å². The van der Waals surface area contributed by atoms with Crippen LogP contribution in [0.5, 0.6) is 0 Å². The molecule has 2 N–H and O–H groups in total. The Kier molecular flexibility index (Phi) is 4.58. The van der Waals surface area contributed by atoms with Crippen LogP contribution in [0.1, 0.15) is 38.5 Å². The lowest BCUT2D eigenvalue weighted by Gasteiger charge is -2.27. The van der Waals surface area contributed by atoms with Gasteiger partial charge in [0.1, 0.15) is 6.04 Å². The van der Waals surface area contributed by atoms with Crippen molar-refractivity contribution in [1.29, 1.82) is 0 Å². The highest BCUT2D eigenvalue weighted by atomic mass is 32.2. The van der Waals surface area contributed by atoms with Crippen LogP contribution in [0.25, 0.3) is 0 Å². The highest BCUT2D eigenvalue weighted by Crippen LogP contribution is 2.14. The number of piperidine rings is 1.